The number of rotatable bonds is 3. The molecule has 0 aliphatic rings. The number of aromatic nitrogens is 1. The predicted octanol–water partition coefficient (Wildman–Crippen LogP) is 2.71. The molecule has 84 valence electrons. The molecule has 1 aromatic carbocycles. The molecule has 1 heterocycles. The van der Waals surface area contributed by atoms with Gasteiger partial charge in [0.15, 0.2) is 11.5 Å². The van der Waals surface area contributed by atoms with Crippen LogP contribution in [0.25, 0.3) is 11.3 Å². The van der Waals surface area contributed by atoms with E-state index in [1.54, 1.807) is 14.2 Å². The third-order valence-electron chi connectivity index (χ3n) is 2.62. The number of nitrogens with zero attached hydrogens (tertiary/aromatic N) is 1. The molecule has 0 bridgehead atoms. The molecule has 0 saturated heterocycles. The zero-order valence-electron chi connectivity index (χ0n) is 9.73. The summed E-state index contributed by atoms with van der Waals surface area (Å²) in [6.45, 7) is 0. The van der Waals surface area contributed by atoms with Crippen molar-refractivity contribution in [2.45, 2.75) is 0 Å². The van der Waals surface area contributed by atoms with Crippen LogP contribution in [0.2, 0.25) is 0 Å². The zero-order chi connectivity index (χ0) is 11.5. The van der Waals surface area contributed by atoms with Gasteiger partial charge in [0.1, 0.15) is 0 Å². The Bertz CT molecular complexity index is 488. The van der Waals surface area contributed by atoms with Gasteiger partial charge < -0.3 is 14.0 Å². The van der Waals surface area contributed by atoms with Crippen LogP contribution in [0.3, 0.4) is 0 Å². The van der Waals surface area contributed by atoms with Crippen LogP contribution < -0.4 is 9.47 Å². The lowest BCUT2D eigenvalue weighted by Gasteiger charge is -2.13. The molecule has 0 saturated carbocycles. The number of methoxy groups -OCH3 is 2. The van der Waals surface area contributed by atoms with E-state index in [9.17, 15) is 0 Å². The van der Waals surface area contributed by atoms with Crippen LogP contribution in [0.15, 0.2) is 36.5 Å². The Kier molecular flexibility index (Phi) is 2.86. The Morgan fingerprint density at radius 2 is 1.81 bits per heavy atom. The molecule has 16 heavy (non-hydrogen) atoms. The Balaban J connectivity index is 2.61. The van der Waals surface area contributed by atoms with E-state index < -0.39 is 0 Å². The fourth-order valence-corrected chi connectivity index (χ4v) is 1.83. The highest BCUT2D eigenvalue weighted by Crippen LogP contribution is 2.37. The van der Waals surface area contributed by atoms with Crippen LogP contribution in [0.1, 0.15) is 0 Å². The summed E-state index contributed by atoms with van der Waals surface area (Å²) in [7, 11) is 5.31. The summed E-state index contributed by atoms with van der Waals surface area (Å²) in [6, 6.07) is 9.94. The van der Waals surface area contributed by atoms with Crippen LogP contribution >= 0.6 is 0 Å². The summed E-state index contributed by atoms with van der Waals surface area (Å²) in [5.41, 5.74) is 2.14. The summed E-state index contributed by atoms with van der Waals surface area (Å²) < 4.78 is 12.7. The molecule has 2 rings (SSSR count). The summed E-state index contributed by atoms with van der Waals surface area (Å²) in [5, 5.41) is 0. The third kappa shape index (κ3) is 1.65. The first-order valence-electron chi connectivity index (χ1n) is 5.10. The molecule has 0 atom stereocenters. The van der Waals surface area contributed by atoms with Crippen LogP contribution in [0.5, 0.6) is 11.5 Å². The molecule has 0 aliphatic heterocycles. The molecular formula is C13H15NO2. The topological polar surface area (TPSA) is 23.4 Å². The molecule has 0 amide bonds. The first-order chi connectivity index (χ1) is 7.77. The van der Waals surface area contributed by atoms with Crippen LogP contribution in [-0.2, 0) is 7.05 Å². The molecule has 1 aromatic heterocycles. The molecule has 3 nitrogen and oxygen atoms in total. The largest absolute Gasteiger partial charge is 0.493 e. The second kappa shape index (κ2) is 4.31. The summed E-state index contributed by atoms with van der Waals surface area (Å²) in [4.78, 5) is 0. The highest BCUT2D eigenvalue weighted by Gasteiger charge is 2.12. The standard InChI is InChI=1S/C13H15NO2/c1-14-9-5-7-11(14)10-6-4-8-12(15-2)13(10)16-3/h4-9H,1-3H3. The Morgan fingerprint density at radius 1 is 1.00 bits per heavy atom. The van der Waals surface area contributed by atoms with E-state index in [0.29, 0.717) is 0 Å². The Hall–Kier alpha value is -1.90. The van der Waals surface area contributed by atoms with E-state index in [-0.39, 0.29) is 0 Å². The second-order valence-electron chi connectivity index (χ2n) is 3.55. The van der Waals surface area contributed by atoms with Crippen molar-refractivity contribution in [3.63, 3.8) is 0 Å². The number of ether oxygens (including phenoxy) is 2. The smallest absolute Gasteiger partial charge is 0.170 e. The zero-order valence-corrected chi connectivity index (χ0v) is 9.73. The lowest BCUT2D eigenvalue weighted by atomic mass is 10.1. The van der Waals surface area contributed by atoms with Gasteiger partial charge >= 0.3 is 0 Å². The van der Waals surface area contributed by atoms with Gasteiger partial charge in [-0.1, -0.05) is 6.07 Å². The molecule has 0 aliphatic carbocycles. The van der Waals surface area contributed by atoms with Crippen molar-refractivity contribution in [3.05, 3.63) is 36.5 Å². The van der Waals surface area contributed by atoms with Crippen molar-refractivity contribution >= 4 is 0 Å². The quantitative estimate of drug-likeness (QED) is 0.789. The van der Waals surface area contributed by atoms with Crippen LogP contribution in [-0.4, -0.2) is 18.8 Å². The summed E-state index contributed by atoms with van der Waals surface area (Å²) in [5.74, 6) is 1.52. The lowest BCUT2D eigenvalue weighted by molar-refractivity contribution is 0.356. The van der Waals surface area contributed by atoms with Gasteiger partial charge in [-0.3, -0.25) is 0 Å². The molecule has 0 radical (unpaired) electrons. The molecular weight excluding hydrogens is 202 g/mol. The van der Waals surface area contributed by atoms with Crippen molar-refractivity contribution in [1.29, 1.82) is 0 Å². The Labute approximate surface area is 95.2 Å². The molecule has 0 spiro atoms. The van der Waals surface area contributed by atoms with Crippen molar-refractivity contribution in [1.82, 2.24) is 4.57 Å². The van der Waals surface area contributed by atoms with E-state index in [1.165, 1.54) is 0 Å². The number of hydrogen-bond donors (Lipinski definition) is 0. The SMILES string of the molecule is COc1cccc(-c2cccn2C)c1OC. The Morgan fingerprint density at radius 3 is 2.38 bits per heavy atom. The highest BCUT2D eigenvalue weighted by atomic mass is 16.5. The van der Waals surface area contributed by atoms with Gasteiger partial charge in [-0.25, -0.2) is 0 Å². The van der Waals surface area contributed by atoms with Gasteiger partial charge in [0, 0.05) is 18.8 Å². The number of aryl methyl sites for hydroxylation is 1. The van der Waals surface area contributed by atoms with E-state index in [4.69, 9.17) is 9.47 Å². The average Bonchev–Trinajstić information content (AvgIpc) is 2.74. The maximum atomic E-state index is 5.41. The molecule has 2 aromatic rings. The van der Waals surface area contributed by atoms with Gasteiger partial charge in [0.05, 0.1) is 19.9 Å². The first-order valence-corrected chi connectivity index (χ1v) is 5.10. The minimum absolute atomic E-state index is 0.751. The van der Waals surface area contributed by atoms with E-state index in [1.807, 2.05) is 37.5 Å². The average molecular weight is 217 g/mol. The maximum Gasteiger partial charge on any atom is 0.170 e. The first kappa shape index (κ1) is 10.6. The van der Waals surface area contributed by atoms with Gasteiger partial charge in [-0.05, 0) is 24.3 Å². The fourth-order valence-electron chi connectivity index (χ4n) is 1.83. The van der Waals surface area contributed by atoms with Crippen molar-refractivity contribution in [2.75, 3.05) is 14.2 Å². The van der Waals surface area contributed by atoms with Gasteiger partial charge in [-0.2, -0.15) is 0 Å². The highest BCUT2D eigenvalue weighted by molar-refractivity contribution is 5.71. The predicted molar refractivity (Wildman–Crippen MR) is 64.0 cm³/mol. The van der Waals surface area contributed by atoms with E-state index >= 15 is 0 Å². The number of para-hydroxylation sites is 1. The van der Waals surface area contributed by atoms with Crippen molar-refractivity contribution < 1.29 is 9.47 Å². The van der Waals surface area contributed by atoms with Gasteiger partial charge in [0.25, 0.3) is 0 Å². The third-order valence-corrected chi connectivity index (χ3v) is 2.62. The normalized spacial score (nSPS) is 10.2. The van der Waals surface area contributed by atoms with Crippen molar-refractivity contribution in [2.24, 2.45) is 7.05 Å². The van der Waals surface area contributed by atoms with Gasteiger partial charge in [-0.15, -0.1) is 0 Å². The summed E-state index contributed by atoms with van der Waals surface area (Å²) >= 11 is 0. The molecule has 0 fully saturated rings. The van der Waals surface area contributed by atoms with Crippen molar-refractivity contribution in [3.8, 4) is 22.8 Å². The number of benzene rings is 1. The number of hydrogen-bond acceptors (Lipinski definition) is 2. The van der Waals surface area contributed by atoms with Crippen LogP contribution in [0.4, 0.5) is 0 Å². The van der Waals surface area contributed by atoms with Gasteiger partial charge in [0.2, 0.25) is 0 Å². The van der Waals surface area contributed by atoms with E-state index in [2.05, 4.69) is 10.6 Å². The lowest BCUT2D eigenvalue weighted by Crippen LogP contribution is -1.96. The minimum atomic E-state index is 0.751. The molecule has 3 heteroatoms. The van der Waals surface area contributed by atoms with E-state index in [0.717, 1.165) is 22.8 Å². The van der Waals surface area contributed by atoms with Crippen LogP contribution in [0, 0.1) is 0 Å². The maximum absolute atomic E-state index is 5.41. The monoisotopic (exact) mass is 217 g/mol. The second-order valence-corrected chi connectivity index (χ2v) is 3.55. The molecule has 0 unspecified atom stereocenters. The molecule has 0 N–H and O–H groups in total. The fraction of sp³-hybridized carbons (Fsp3) is 0.231. The summed E-state index contributed by atoms with van der Waals surface area (Å²) in [6.07, 6.45) is 2.01. The minimum Gasteiger partial charge on any atom is -0.493 e.